The van der Waals surface area contributed by atoms with Crippen LogP contribution in [0.1, 0.15) is 49.8 Å². The quantitative estimate of drug-likeness (QED) is 0.374. The first-order valence-corrected chi connectivity index (χ1v) is 10.9. The number of oxime groups is 1. The molecular weight excluding hydrogens is 374 g/mol. The maximum Gasteiger partial charge on any atom is 0.276 e. The first kappa shape index (κ1) is 21.6. The van der Waals surface area contributed by atoms with Crippen LogP contribution in [0.15, 0.2) is 63.7 Å². The summed E-state index contributed by atoms with van der Waals surface area (Å²) in [7, 11) is -3.83. The summed E-state index contributed by atoms with van der Waals surface area (Å²) in [6, 6.07) is 14.1. The van der Waals surface area contributed by atoms with Gasteiger partial charge in [0, 0.05) is 5.56 Å². The molecule has 0 aliphatic rings. The Morgan fingerprint density at radius 1 is 1.04 bits per heavy atom. The molecule has 0 aliphatic heterocycles. The van der Waals surface area contributed by atoms with Gasteiger partial charge in [0.25, 0.3) is 10.0 Å². The van der Waals surface area contributed by atoms with E-state index in [1.54, 1.807) is 12.1 Å². The van der Waals surface area contributed by atoms with Crippen LogP contribution in [0.5, 0.6) is 0 Å². The minimum absolute atomic E-state index is 0.124. The van der Waals surface area contributed by atoms with E-state index < -0.39 is 10.0 Å². The highest BCUT2D eigenvalue weighted by molar-refractivity contribution is 7.89. The highest BCUT2D eigenvalue weighted by Gasteiger charge is 2.17. The van der Waals surface area contributed by atoms with Gasteiger partial charge in [-0.1, -0.05) is 67.4 Å². The first-order chi connectivity index (χ1) is 13.4. The highest BCUT2D eigenvalue weighted by Crippen LogP contribution is 2.13. The van der Waals surface area contributed by atoms with Crippen LogP contribution in [0, 0.1) is 6.92 Å². The fraction of sp³-hybridized carbons (Fsp3) is 0.333. The lowest BCUT2D eigenvalue weighted by molar-refractivity contribution is 0.318. The van der Waals surface area contributed by atoms with Gasteiger partial charge < -0.3 is 5.21 Å². The molecule has 28 heavy (non-hydrogen) atoms. The molecule has 2 aromatic carbocycles. The molecule has 0 radical (unpaired) electrons. The van der Waals surface area contributed by atoms with E-state index in [2.05, 4.69) is 22.0 Å². The number of hydrogen-bond acceptors (Lipinski definition) is 5. The SMILES string of the molecule is CCCCC(=NO)C(=NNS(=O)(=O)c1ccc(C)cc1)c1ccc(CC)cc1. The topological polar surface area (TPSA) is 91.1 Å². The van der Waals surface area contributed by atoms with E-state index >= 15 is 0 Å². The summed E-state index contributed by atoms with van der Waals surface area (Å²) in [6.45, 7) is 5.97. The molecule has 0 heterocycles. The Morgan fingerprint density at radius 2 is 1.68 bits per heavy atom. The molecule has 2 aromatic rings. The van der Waals surface area contributed by atoms with Crippen molar-refractivity contribution in [3.63, 3.8) is 0 Å². The van der Waals surface area contributed by atoms with Crippen LogP contribution >= 0.6 is 0 Å². The van der Waals surface area contributed by atoms with E-state index in [0.717, 1.165) is 30.4 Å². The zero-order valence-corrected chi connectivity index (χ0v) is 17.3. The minimum Gasteiger partial charge on any atom is -0.411 e. The lowest BCUT2D eigenvalue weighted by atomic mass is 10.00. The predicted octanol–water partition coefficient (Wildman–Crippen LogP) is 4.26. The van der Waals surface area contributed by atoms with Gasteiger partial charge in [-0.05, 0) is 43.9 Å². The van der Waals surface area contributed by atoms with Crippen molar-refractivity contribution in [2.24, 2.45) is 10.3 Å². The third kappa shape index (κ3) is 5.66. The average Bonchev–Trinajstić information content (AvgIpc) is 2.71. The summed E-state index contributed by atoms with van der Waals surface area (Å²) in [5, 5.41) is 17.0. The number of rotatable bonds is 9. The zero-order chi connectivity index (χ0) is 20.6. The van der Waals surface area contributed by atoms with E-state index in [-0.39, 0.29) is 4.90 Å². The average molecular weight is 402 g/mol. The van der Waals surface area contributed by atoms with E-state index in [9.17, 15) is 13.6 Å². The largest absolute Gasteiger partial charge is 0.411 e. The Morgan fingerprint density at radius 3 is 2.21 bits per heavy atom. The lowest BCUT2D eigenvalue weighted by Crippen LogP contribution is -2.24. The van der Waals surface area contributed by atoms with Gasteiger partial charge in [-0.3, -0.25) is 0 Å². The summed E-state index contributed by atoms with van der Waals surface area (Å²) in [5.74, 6) is 0. The summed E-state index contributed by atoms with van der Waals surface area (Å²) in [5.41, 5.74) is 3.47. The summed E-state index contributed by atoms with van der Waals surface area (Å²) >= 11 is 0. The molecule has 7 heteroatoms. The fourth-order valence-corrected chi connectivity index (χ4v) is 3.44. The Hall–Kier alpha value is -2.67. The van der Waals surface area contributed by atoms with E-state index in [4.69, 9.17) is 0 Å². The van der Waals surface area contributed by atoms with Crippen LogP contribution in [0.4, 0.5) is 0 Å². The maximum atomic E-state index is 12.6. The van der Waals surface area contributed by atoms with Crippen LogP contribution in [-0.4, -0.2) is 25.0 Å². The van der Waals surface area contributed by atoms with Crippen molar-refractivity contribution < 1.29 is 13.6 Å². The van der Waals surface area contributed by atoms with Gasteiger partial charge >= 0.3 is 0 Å². The zero-order valence-electron chi connectivity index (χ0n) is 16.5. The molecule has 0 aliphatic carbocycles. The number of aryl methyl sites for hydroxylation is 2. The van der Waals surface area contributed by atoms with Crippen LogP contribution in [0.2, 0.25) is 0 Å². The molecule has 0 unspecified atom stereocenters. The highest BCUT2D eigenvalue weighted by atomic mass is 32.2. The predicted molar refractivity (Wildman–Crippen MR) is 113 cm³/mol. The van der Waals surface area contributed by atoms with Gasteiger partial charge in [0.2, 0.25) is 0 Å². The van der Waals surface area contributed by atoms with Crippen molar-refractivity contribution in [3.8, 4) is 0 Å². The summed E-state index contributed by atoms with van der Waals surface area (Å²) in [4.78, 5) is 2.41. The molecule has 2 rings (SSSR count). The number of nitrogens with zero attached hydrogens (tertiary/aromatic N) is 2. The molecule has 0 atom stereocenters. The van der Waals surface area contributed by atoms with E-state index in [1.807, 2.05) is 38.1 Å². The monoisotopic (exact) mass is 401 g/mol. The molecule has 0 fully saturated rings. The van der Waals surface area contributed by atoms with Crippen LogP contribution < -0.4 is 4.83 Å². The Bertz CT molecular complexity index is 932. The molecule has 150 valence electrons. The van der Waals surface area contributed by atoms with Gasteiger partial charge in [-0.15, -0.1) is 0 Å². The molecule has 6 nitrogen and oxygen atoms in total. The Kier molecular flexibility index (Phi) is 7.75. The van der Waals surface area contributed by atoms with Gasteiger partial charge in [-0.25, -0.2) is 0 Å². The number of nitrogens with one attached hydrogen (secondary N) is 1. The maximum absolute atomic E-state index is 12.6. The van der Waals surface area contributed by atoms with Crippen molar-refractivity contribution in [1.29, 1.82) is 0 Å². The van der Waals surface area contributed by atoms with Crippen molar-refractivity contribution in [1.82, 2.24) is 4.83 Å². The lowest BCUT2D eigenvalue weighted by Gasteiger charge is -2.11. The number of unbranched alkanes of at least 4 members (excludes halogenated alkanes) is 1. The van der Waals surface area contributed by atoms with Crippen molar-refractivity contribution in [2.45, 2.75) is 51.3 Å². The Balaban J connectivity index is 2.40. The Labute approximate surface area is 167 Å². The van der Waals surface area contributed by atoms with E-state index in [1.165, 1.54) is 12.1 Å². The first-order valence-electron chi connectivity index (χ1n) is 9.38. The fourth-order valence-electron chi connectivity index (χ4n) is 2.63. The number of benzene rings is 2. The second kappa shape index (κ2) is 10.0. The molecule has 0 spiro atoms. The van der Waals surface area contributed by atoms with Gasteiger partial charge in [-0.2, -0.15) is 18.4 Å². The van der Waals surface area contributed by atoms with Crippen LogP contribution in [0.3, 0.4) is 0 Å². The minimum atomic E-state index is -3.83. The molecule has 2 N–H and O–H groups in total. The second-order valence-electron chi connectivity index (χ2n) is 6.57. The smallest absolute Gasteiger partial charge is 0.276 e. The normalized spacial score (nSPS) is 12.8. The van der Waals surface area contributed by atoms with Crippen molar-refractivity contribution in [2.75, 3.05) is 0 Å². The molecule has 0 amide bonds. The third-order valence-electron chi connectivity index (χ3n) is 4.41. The molecular formula is C21H27N3O3S. The van der Waals surface area contributed by atoms with Gasteiger partial charge in [0.15, 0.2) is 0 Å². The summed E-state index contributed by atoms with van der Waals surface area (Å²) in [6.07, 6.45) is 3.10. The molecule has 0 aromatic heterocycles. The van der Waals surface area contributed by atoms with Crippen molar-refractivity contribution >= 4 is 21.4 Å². The second-order valence-corrected chi connectivity index (χ2v) is 8.23. The van der Waals surface area contributed by atoms with Crippen LogP contribution in [-0.2, 0) is 16.4 Å². The number of sulfonamides is 1. The van der Waals surface area contributed by atoms with E-state index in [0.29, 0.717) is 23.4 Å². The number of hydrogen-bond donors (Lipinski definition) is 2. The molecule has 0 saturated heterocycles. The standard InChI is InChI=1S/C21H27N3O3S/c1-4-6-7-20(23-25)21(18-12-10-17(5-2)11-13-18)22-24-28(26,27)19-14-8-16(3)9-15-19/h8-15,24-25H,4-7H2,1-3H3. The molecule has 0 saturated carbocycles. The van der Waals surface area contributed by atoms with Gasteiger partial charge in [0.1, 0.15) is 11.4 Å². The summed E-state index contributed by atoms with van der Waals surface area (Å²) < 4.78 is 25.2. The van der Waals surface area contributed by atoms with Crippen molar-refractivity contribution in [3.05, 3.63) is 65.2 Å². The molecule has 0 bridgehead atoms. The number of hydrazone groups is 1. The third-order valence-corrected chi connectivity index (χ3v) is 5.63. The van der Waals surface area contributed by atoms with Crippen LogP contribution in [0.25, 0.3) is 0 Å². The van der Waals surface area contributed by atoms with Gasteiger partial charge in [0.05, 0.1) is 4.90 Å².